The number of aromatic nitrogens is 2. The highest BCUT2D eigenvalue weighted by Gasteiger charge is 2.24. The monoisotopic (exact) mass is 333 g/mol. The molecule has 0 spiro atoms. The Morgan fingerprint density at radius 3 is 2.65 bits per heavy atom. The molecule has 1 saturated heterocycles. The summed E-state index contributed by atoms with van der Waals surface area (Å²) in [5.41, 5.74) is 7.06. The summed E-state index contributed by atoms with van der Waals surface area (Å²) in [5, 5.41) is 10.1. The van der Waals surface area contributed by atoms with Crippen LogP contribution in [-0.4, -0.2) is 40.6 Å². The zero-order valence-electron chi connectivity index (χ0n) is 12.8. The summed E-state index contributed by atoms with van der Waals surface area (Å²) >= 11 is 5.98. The van der Waals surface area contributed by atoms with Crippen molar-refractivity contribution in [2.24, 2.45) is 0 Å². The Morgan fingerprint density at radius 1 is 1.35 bits per heavy atom. The Labute approximate surface area is 140 Å². The quantitative estimate of drug-likeness (QED) is 0.783. The predicted molar refractivity (Wildman–Crippen MR) is 90.3 cm³/mol. The Bertz CT molecular complexity index is 663. The van der Waals surface area contributed by atoms with Crippen molar-refractivity contribution < 1.29 is 4.79 Å². The van der Waals surface area contributed by atoms with Crippen LogP contribution in [0.25, 0.3) is 0 Å². The molecule has 4 N–H and O–H groups in total. The third-order valence-corrected chi connectivity index (χ3v) is 4.39. The Balaban J connectivity index is 1.71. The number of carbonyl (C=O) groups is 1. The van der Waals surface area contributed by atoms with Crippen LogP contribution in [0.4, 0.5) is 5.82 Å². The van der Waals surface area contributed by atoms with Crippen molar-refractivity contribution in [1.29, 1.82) is 0 Å². The van der Waals surface area contributed by atoms with E-state index >= 15 is 0 Å². The number of halogens is 1. The van der Waals surface area contributed by atoms with E-state index in [2.05, 4.69) is 20.4 Å². The molecule has 1 amide bonds. The van der Waals surface area contributed by atoms with Crippen molar-refractivity contribution in [1.82, 2.24) is 20.4 Å². The van der Waals surface area contributed by atoms with E-state index in [-0.39, 0.29) is 11.9 Å². The number of nitrogens with two attached hydrogens (primary N) is 1. The molecule has 23 heavy (non-hydrogen) atoms. The molecule has 1 aromatic heterocycles. The first-order chi connectivity index (χ1) is 11.1. The normalized spacial score (nSPS) is 16.4. The van der Waals surface area contributed by atoms with Crippen LogP contribution >= 0.6 is 11.6 Å². The lowest BCUT2D eigenvalue weighted by Gasteiger charge is -2.28. The van der Waals surface area contributed by atoms with Crippen LogP contribution in [0.1, 0.15) is 34.9 Å². The van der Waals surface area contributed by atoms with Crippen molar-refractivity contribution in [2.75, 3.05) is 25.4 Å². The van der Waals surface area contributed by atoms with E-state index < -0.39 is 0 Å². The van der Waals surface area contributed by atoms with Gasteiger partial charge in [0.1, 0.15) is 11.5 Å². The molecule has 0 aliphatic carbocycles. The highest BCUT2D eigenvalue weighted by atomic mass is 35.5. The SMILES string of the molecule is Nc1cc(C(=O)NC[C@@H](c2ccc(Cl)cc2)N2CCCC2)[nH]n1. The maximum atomic E-state index is 12.2. The van der Waals surface area contributed by atoms with Gasteiger partial charge in [0, 0.05) is 17.6 Å². The molecule has 2 aromatic rings. The molecule has 3 rings (SSSR count). The smallest absolute Gasteiger partial charge is 0.269 e. The second-order valence-electron chi connectivity index (χ2n) is 5.73. The number of amides is 1. The molecule has 0 bridgehead atoms. The van der Waals surface area contributed by atoms with E-state index in [9.17, 15) is 4.79 Å². The van der Waals surface area contributed by atoms with Gasteiger partial charge in [-0.2, -0.15) is 5.10 Å². The molecule has 6 nitrogen and oxygen atoms in total. The lowest BCUT2D eigenvalue weighted by molar-refractivity contribution is 0.0933. The summed E-state index contributed by atoms with van der Waals surface area (Å²) in [6, 6.07) is 9.48. The number of carbonyl (C=O) groups excluding carboxylic acids is 1. The average molecular weight is 334 g/mol. The van der Waals surface area contributed by atoms with Gasteiger partial charge >= 0.3 is 0 Å². The Morgan fingerprint density at radius 2 is 2.04 bits per heavy atom. The topological polar surface area (TPSA) is 87.0 Å². The molecule has 1 aliphatic rings. The van der Waals surface area contributed by atoms with Gasteiger partial charge in [0.2, 0.25) is 0 Å². The number of hydrogen-bond donors (Lipinski definition) is 3. The Kier molecular flexibility index (Phi) is 4.83. The molecule has 122 valence electrons. The number of rotatable bonds is 5. The van der Waals surface area contributed by atoms with E-state index in [0.717, 1.165) is 18.7 Å². The first-order valence-electron chi connectivity index (χ1n) is 7.72. The van der Waals surface area contributed by atoms with E-state index in [1.54, 1.807) is 0 Å². The summed E-state index contributed by atoms with van der Waals surface area (Å²) in [5.74, 6) is 0.108. The fourth-order valence-corrected chi connectivity index (χ4v) is 3.06. The second-order valence-corrected chi connectivity index (χ2v) is 6.16. The minimum absolute atomic E-state index is 0.138. The van der Waals surface area contributed by atoms with Crippen molar-refractivity contribution in [3.63, 3.8) is 0 Å². The first-order valence-corrected chi connectivity index (χ1v) is 8.10. The van der Waals surface area contributed by atoms with Crippen LogP contribution in [0.5, 0.6) is 0 Å². The van der Waals surface area contributed by atoms with Gasteiger partial charge in [-0.3, -0.25) is 14.8 Å². The van der Waals surface area contributed by atoms with Crippen LogP contribution < -0.4 is 11.1 Å². The van der Waals surface area contributed by atoms with E-state index in [1.807, 2.05) is 24.3 Å². The maximum absolute atomic E-state index is 12.2. The Hall–Kier alpha value is -2.05. The van der Waals surface area contributed by atoms with Gasteiger partial charge < -0.3 is 11.1 Å². The molecular weight excluding hydrogens is 314 g/mol. The van der Waals surface area contributed by atoms with Crippen molar-refractivity contribution in [3.8, 4) is 0 Å². The van der Waals surface area contributed by atoms with Gasteiger partial charge in [-0.1, -0.05) is 23.7 Å². The number of nitrogens with zero attached hydrogens (tertiary/aromatic N) is 2. The van der Waals surface area contributed by atoms with Crippen LogP contribution in [0.2, 0.25) is 5.02 Å². The zero-order chi connectivity index (χ0) is 16.2. The highest BCUT2D eigenvalue weighted by molar-refractivity contribution is 6.30. The van der Waals surface area contributed by atoms with Crippen LogP contribution in [0.3, 0.4) is 0 Å². The average Bonchev–Trinajstić information content (AvgIpc) is 3.21. The lowest BCUT2D eigenvalue weighted by Crippen LogP contribution is -2.36. The van der Waals surface area contributed by atoms with E-state index in [0.29, 0.717) is 23.1 Å². The van der Waals surface area contributed by atoms with Crippen molar-refractivity contribution >= 4 is 23.3 Å². The van der Waals surface area contributed by atoms with Gasteiger partial charge in [-0.05, 0) is 43.6 Å². The molecular formula is C16H20ClN5O. The zero-order valence-corrected chi connectivity index (χ0v) is 13.5. The fraction of sp³-hybridized carbons (Fsp3) is 0.375. The summed E-state index contributed by atoms with van der Waals surface area (Å²) in [4.78, 5) is 14.6. The van der Waals surface area contributed by atoms with E-state index in [4.69, 9.17) is 17.3 Å². The van der Waals surface area contributed by atoms with Gasteiger partial charge in [0.15, 0.2) is 0 Å². The summed E-state index contributed by atoms with van der Waals surface area (Å²) in [6.45, 7) is 2.61. The molecule has 1 atom stereocenters. The third-order valence-electron chi connectivity index (χ3n) is 4.13. The van der Waals surface area contributed by atoms with Crippen molar-refractivity contribution in [3.05, 3.63) is 46.6 Å². The van der Waals surface area contributed by atoms with Gasteiger partial charge in [-0.25, -0.2) is 0 Å². The molecule has 1 aliphatic heterocycles. The molecule has 0 saturated carbocycles. The second kappa shape index (κ2) is 7.02. The predicted octanol–water partition coefficient (Wildman–Crippen LogP) is 2.21. The number of nitrogen functional groups attached to an aromatic ring is 1. The first kappa shape index (κ1) is 15.8. The summed E-state index contributed by atoms with van der Waals surface area (Å²) in [7, 11) is 0. The number of H-pyrrole nitrogens is 1. The minimum Gasteiger partial charge on any atom is -0.382 e. The van der Waals surface area contributed by atoms with Crippen LogP contribution in [-0.2, 0) is 0 Å². The summed E-state index contributed by atoms with van der Waals surface area (Å²) < 4.78 is 0. The number of aromatic amines is 1. The van der Waals surface area contributed by atoms with Gasteiger partial charge in [0.05, 0.1) is 6.04 Å². The number of hydrogen-bond acceptors (Lipinski definition) is 4. The number of likely N-dealkylation sites (tertiary alicyclic amines) is 1. The molecule has 0 unspecified atom stereocenters. The minimum atomic E-state index is -0.202. The number of nitrogens with one attached hydrogen (secondary N) is 2. The standard InChI is InChI=1S/C16H20ClN5O/c17-12-5-3-11(4-6-12)14(22-7-1-2-8-22)10-19-16(23)13-9-15(18)21-20-13/h3-6,9,14H,1-2,7-8,10H2,(H,19,23)(H3,18,20,21)/t14-/m0/s1. The van der Waals surface area contributed by atoms with Crippen molar-refractivity contribution in [2.45, 2.75) is 18.9 Å². The summed E-state index contributed by atoms with van der Waals surface area (Å²) in [6.07, 6.45) is 2.38. The molecule has 2 heterocycles. The van der Waals surface area contributed by atoms with Gasteiger partial charge in [-0.15, -0.1) is 0 Å². The van der Waals surface area contributed by atoms with Crippen LogP contribution in [0, 0.1) is 0 Å². The van der Waals surface area contributed by atoms with Crippen LogP contribution in [0.15, 0.2) is 30.3 Å². The third kappa shape index (κ3) is 3.83. The molecule has 7 heteroatoms. The maximum Gasteiger partial charge on any atom is 0.269 e. The fourth-order valence-electron chi connectivity index (χ4n) is 2.93. The lowest BCUT2D eigenvalue weighted by atomic mass is 10.1. The number of benzene rings is 1. The highest BCUT2D eigenvalue weighted by Crippen LogP contribution is 2.25. The molecule has 1 fully saturated rings. The largest absolute Gasteiger partial charge is 0.382 e. The van der Waals surface area contributed by atoms with E-state index in [1.165, 1.54) is 18.9 Å². The number of anilines is 1. The molecule has 0 radical (unpaired) electrons. The molecule has 1 aromatic carbocycles. The van der Waals surface area contributed by atoms with Gasteiger partial charge in [0.25, 0.3) is 5.91 Å².